The van der Waals surface area contributed by atoms with Gasteiger partial charge in [0.2, 0.25) is 0 Å². The van der Waals surface area contributed by atoms with Crippen molar-refractivity contribution in [3.8, 4) is 0 Å². The Balaban J connectivity index is 2.58. The van der Waals surface area contributed by atoms with Crippen LogP contribution in [0.25, 0.3) is 0 Å². The maximum absolute atomic E-state index is 12.5. The Morgan fingerprint density at radius 3 is 2.53 bits per heavy atom. The average molecular weight is 299 g/mol. The van der Waals surface area contributed by atoms with Gasteiger partial charge in [0.25, 0.3) is 5.91 Å². The lowest BCUT2D eigenvalue weighted by Gasteiger charge is -2.40. The van der Waals surface area contributed by atoms with Crippen LogP contribution in [0.15, 0.2) is 24.3 Å². The van der Waals surface area contributed by atoms with Gasteiger partial charge in [0.15, 0.2) is 0 Å². The third-order valence-electron chi connectivity index (χ3n) is 2.98. The van der Waals surface area contributed by atoms with Crippen molar-refractivity contribution in [3.05, 3.63) is 34.3 Å². The molecular weight excluding hydrogens is 283 g/mol. The second-order valence-corrected chi connectivity index (χ2v) is 6.20. The molecule has 0 aromatic heterocycles. The topological polar surface area (TPSA) is 32.3 Å². The lowest BCUT2D eigenvalue weighted by atomic mass is 9.97. The molecule has 2 rings (SSSR count). The summed E-state index contributed by atoms with van der Waals surface area (Å²) in [5, 5.41) is 4.09. The van der Waals surface area contributed by atoms with Gasteiger partial charge in [-0.2, -0.15) is 0 Å². The van der Waals surface area contributed by atoms with Crippen molar-refractivity contribution in [3.63, 3.8) is 0 Å². The molecule has 0 spiro atoms. The van der Waals surface area contributed by atoms with Gasteiger partial charge in [0.05, 0.1) is 21.4 Å². The van der Waals surface area contributed by atoms with Gasteiger partial charge in [-0.25, -0.2) is 0 Å². The quantitative estimate of drug-likeness (QED) is 0.834. The summed E-state index contributed by atoms with van der Waals surface area (Å²) in [6.07, 6.45) is 0. The van der Waals surface area contributed by atoms with E-state index in [9.17, 15) is 4.79 Å². The van der Waals surface area contributed by atoms with E-state index in [0.717, 1.165) is 16.9 Å². The molecular formula is C14H16Cl2N2O. The van der Waals surface area contributed by atoms with Crippen LogP contribution in [-0.2, 0) is 4.79 Å². The third kappa shape index (κ3) is 2.58. The number of nitrogens with zero attached hydrogens (tertiary/aromatic N) is 1. The van der Waals surface area contributed by atoms with Crippen LogP contribution in [0.1, 0.15) is 20.8 Å². The van der Waals surface area contributed by atoms with Crippen LogP contribution in [0.5, 0.6) is 0 Å². The molecule has 0 aliphatic carbocycles. The van der Waals surface area contributed by atoms with Gasteiger partial charge in [-0.1, -0.05) is 35.4 Å². The smallest absolute Gasteiger partial charge is 0.252 e. The Morgan fingerprint density at radius 2 is 1.95 bits per heavy atom. The van der Waals surface area contributed by atoms with E-state index in [-0.39, 0.29) is 5.91 Å². The number of amides is 1. The molecule has 102 valence electrons. The minimum absolute atomic E-state index is 0.0126. The van der Waals surface area contributed by atoms with Crippen molar-refractivity contribution >= 4 is 40.5 Å². The third-order valence-corrected chi connectivity index (χ3v) is 3.71. The van der Waals surface area contributed by atoms with Crippen LogP contribution >= 0.6 is 23.2 Å². The SMILES string of the molecule is C=C(C)CN1C(=O)C(C)(C)Nc2cc(Cl)c(Cl)cc21. The molecule has 1 aliphatic rings. The predicted octanol–water partition coefficient (Wildman–Crippen LogP) is 4.11. The molecule has 1 aromatic carbocycles. The van der Waals surface area contributed by atoms with E-state index >= 15 is 0 Å². The van der Waals surface area contributed by atoms with Crippen LogP contribution in [0.2, 0.25) is 10.0 Å². The largest absolute Gasteiger partial charge is 0.370 e. The normalized spacial score (nSPS) is 16.9. The Labute approximate surface area is 123 Å². The number of fused-ring (bicyclic) bond motifs is 1. The molecule has 1 N–H and O–H groups in total. The lowest BCUT2D eigenvalue weighted by molar-refractivity contribution is -0.122. The highest BCUT2D eigenvalue weighted by Crippen LogP contribution is 2.40. The van der Waals surface area contributed by atoms with Gasteiger partial charge in [-0.05, 0) is 32.9 Å². The molecule has 0 radical (unpaired) electrons. The fraction of sp³-hybridized carbons (Fsp3) is 0.357. The number of halogens is 2. The summed E-state index contributed by atoms with van der Waals surface area (Å²) in [4.78, 5) is 14.2. The lowest BCUT2D eigenvalue weighted by Crippen LogP contribution is -2.54. The molecule has 19 heavy (non-hydrogen) atoms. The second kappa shape index (κ2) is 4.73. The number of rotatable bonds is 2. The van der Waals surface area contributed by atoms with Gasteiger partial charge in [0.1, 0.15) is 5.54 Å². The number of carbonyl (C=O) groups excluding carboxylic acids is 1. The fourth-order valence-corrected chi connectivity index (χ4v) is 2.45. The number of hydrogen-bond acceptors (Lipinski definition) is 2. The van der Waals surface area contributed by atoms with E-state index in [4.69, 9.17) is 23.2 Å². The van der Waals surface area contributed by atoms with Crippen molar-refractivity contribution in [1.82, 2.24) is 0 Å². The zero-order valence-corrected chi connectivity index (χ0v) is 12.7. The first-order valence-electron chi connectivity index (χ1n) is 5.96. The molecule has 0 saturated heterocycles. The molecule has 3 nitrogen and oxygen atoms in total. The van der Waals surface area contributed by atoms with E-state index in [0.29, 0.717) is 16.6 Å². The molecule has 0 bridgehead atoms. The van der Waals surface area contributed by atoms with E-state index in [1.54, 1.807) is 17.0 Å². The zero-order valence-electron chi connectivity index (χ0n) is 11.2. The molecule has 1 heterocycles. The Kier molecular flexibility index (Phi) is 3.54. The van der Waals surface area contributed by atoms with Crippen molar-refractivity contribution < 1.29 is 4.79 Å². The summed E-state index contributed by atoms with van der Waals surface area (Å²) in [5.74, 6) is -0.0126. The van der Waals surface area contributed by atoms with Gasteiger partial charge in [0, 0.05) is 6.54 Å². The van der Waals surface area contributed by atoms with Crippen LogP contribution < -0.4 is 10.2 Å². The molecule has 0 saturated carbocycles. The second-order valence-electron chi connectivity index (χ2n) is 5.38. The van der Waals surface area contributed by atoms with Gasteiger partial charge in [-0.15, -0.1) is 0 Å². The van der Waals surface area contributed by atoms with E-state index < -0.39 is 5.54 Å². The van der Waals surface area contributed by atoms with Crippen molar-refractivity contribution in [2.24, 2.45) is 0 Å². The number of anilines is 2. The first-order valence-corrected chi connectivity index (χ1v) is 6.71. The van der Waals surface area contributed by atoms with Crippen LogP contribution in [0.3, 0.4) is 0 Å². The van der Waals surface area contributed by atoms with Crippen molar-refractivity contribution in [2.45, 2.75) is 26.3 Å². The maximum Gasteiger partial charge on any atom is 0.252 e. The molecule has 0 atom stereocenters. The monoisotopic (exact) mass is 298 g/mol. The maximum atomic E-state index is 12.5. The number of nitrogens with one attached hydrogen (secondary N) is 1. The highest BCUT2D eigenvalue weighted by molar-refractivity contribution is 6.42. The van der Waals surface area contributed by atoms with Crippen LogP contribution in [0.4, 0.5) is 11.4 Å². The highest BCUT2D eigenvalue weighted by atomic mass is 35.5. The fourth-order valence-electron chi connectivity index (χ4n) is 2.12. The molecule has 1 aliphatic heterocycles. The molecule has 0 unspecified atom stereocenters. The summed E-state index contributed by atoms with van der Waals surface area (Å²) in [5.41, 5.74) is 1.77. The summed E-state index contributed by atoms with van der Waals surface area (Å²) in [7, 11) is 0. The molecule has 5 heteroatoms. The summed E-state index contributed by atoms with van der Waals surface area (Å²) in [6.45, 7) is 9.91. The summed E-state index contributed by atoms with van der Waals surface area (Å²) < 4.78 is 0. The summed E-state index contributed by atoms with van der Waals surface area (Å²) in [6, 6.07) is 3.46. The van der Waals surface area contributed by atoms with Crippen LogP contribution in [0, 0.1) is 0 Å². The van der Waals surface area contributed by atoms with Gasteiger partial charge < -0.3 is 10.2 Å². The number of carbonyl (C=O) groups is 1. The number of hydrogen-bond donors (Lipinski definition) is 1. The predicted molar refractivity (Wildman–Crippen MR) is 81.3 cm³/mol. The Bertz CT molecular complexity index is 567. The minimum atomic E-state index is -0.681. The number of benzene rings is 1. The van der Waals surface area contributed by atoms with Gasteiger partial charge in [-0.3, -0.25) is 4.79 Å². The Morgan fingerprint density at radius 1 is 1.37 bits per heavy atom. The van der Waals surface area contributed by atoms with E-state index in [1.807, 2.05) is 20.8 Å². The van der Waals surface area contributed by atoms with E-state index in [2.05, 4.69) is 11.9 Å². The van der Waals surface area contributed by atoms with E-state index in [1.165, 1.54) is 0 Å². The minimum Gasteiger partial charge on any atom is -0.370 e. The van der Waals surface area contributed by atoms with Crippen LogP contribution in [-0.4, -0.2) is 18.0 Å². The molecule has 0 fully saturated rings. The highest BCUT2D eigenvalue weighted by Gasteiger charge is 2.38. The standard InChI is InChI=1S/C14H16Cl2N2O/c1-8(2)7-18-12-6-10(16)9(15)5-11(12)17-14(3,4)13(18)19/h5-6,17H,1,7H2,2-4H3. The van der Waals surface area contributed by atoms with Crippen molar-refractivity contribution in [1.29, 1.82) is 0 Å². The first-order chi connectivity index (χ1) is 8.72. The molecule has 1 aromatic rings. The first kappa shape index (κ1) is 14.2. The summed E-state index contributed by atoms with van der Waals surface area (Å²) >= 11 is 12.1. The van der Waals surface area contributed by atoms with Gasteiger partial charge >= 0.3 is 0 Å². The van der Waals surface area contributed by atoms with Crippen molar-refractivity contribution in [2.75, 3.05) is 16.8 Å². The zero-order chi connectivity index (χ0) is 14.4. The molecule has 1 amide bonds. The average Bonchev–Trinajstić information content (AvgIpc) is 2.27. The Hall–Kier alpha value is -1.19.